The molecule has 0 aliphatic heterocycles. The zero-order chi connectivity index (χ0) is 16.6. The van der Waals surface area contributed by atoms with E-state index < -0.39 is 0 Å². The van der Waals surface area contributed by atoms with Crippen LogP contribution in [0.1, 0.15) is 15.9 Å². The van der Waals surface area contributed by atoms with Crippen LogP contribution in [0.2, 0.25) is 5.02 Å². The third-order valence-corrected chi connectivity index (χ3v) is 4.26. The van der Waals surface area contributed by atoms with E-state index in [0.29, 0.717) is 21.8 Å². The molecule has 2 aromatic carbocycles. The number of carbonyl (C=O) groups excluding carboxylic acids is 1. The van der Waals surface area contributed by atoms with Crippen LogP contribution < -0.4 is 4.74 Å². The normalized spacial score (nSPS) is 11.0. The molecule has 3 aromatic rings. The molecule has 0 fully saturated rings. The van der Waals surface area contributed by atoms with Gasteiger partial charge in [-0.1, -0.05) is 28.9 Å². The highest BCUT2D eigenvalue weighted by molar-refractivity contribution is 9.10. The molecule has 0 atom stereocenters. The first-order valence-corrected chi connectivity index (χ1v) is 8.07. The summed E-state index contributed by atoms with van der Waals surface area (Å²) < 4.78 is 7.65. The second-order valence-electron chi connectivity index (χ2n) is 5.18. The summed E-state index contributed by atoms with van der Waals surface area (Å²) in [5.74, 6) is 0.298. The van der Waals surface area contributed by atoms with Crippen LogP contribution in [-0.2, 0) is 0 Å². The number of aryl methyl sites for hydroxylation is 2. The van der Waals surface area contributed by atoms with Crippen molar-refractivity contribution in [2.24, 2.45) is 0 Å². The molecule has 0 bridgehead atoms. The Morgan fingerprint density at radius 1 is 1.35 bits per heavy atom. The largest absolute Gasteiger partial charge is 0.482 e. The number of halogens is 2. The molecule has 0 aliphatic rings. The van der Waals surface area contributed by atoms with Gasteiger partial charge in [0.2, 0.25) is 0 Å². The van der Waals surface area contributed by atoms with Gasteiger partial charge in [-0.2, -0.15) is 4.68 Å². The first-order chi connectivity index (χ1) is 11.0. The number of benzene rings is 2. The van der Waals surface area contributed by atoms with E-state index >= 15 is 0 Å². The molecule has 0 unspecified atom stereocenters. The summed E-state index contributed by atoms with van der Waals surface area (Å²) in [5.41, 5.74) is 3.12. The van der Waals surface area contributed by atoms with Crippen molar-refractivity contribution in [2.75, 3.05) is 6.61 Å². The zero-order valence-corrected chi connectivity index (χ0v) is 14.8. The van der Waals surface area contributed by atoms with E-state index in [1.807, 2.05) is 26.0 Å². The summed E-state index contributed by atoms with van der Waals surface area (Å²) >= 11 is 9.59. The van der Waals surface area contributed by atoms with Gasteiger partial charge in [0.15, 0.2) is 6.61 Å². The Labute approximate surface area is 146 Å². The van der Waals surface area contributed by atoms with Gasteiger partial charge >= 0.3 is 0 Å². The molecule has 5 nitrogen and oxygen atoms in total. The molecule has 23 heavy (non-hydrogen) atoms. The predicted octanol–water partition coefficient (Wildman–Crippen LogP) is 4.18. The second kappa shape index (κ2) is 6.29. The first-order valence-electron chi connectivity index (χ1n) is 6.90. The van der Waals surface area contributed by atoms with Crippen molar-refractivity contribution in [2.45, 2.75) is 13.8 Å². The number of carbonyl (C=O) groups is 1. The summed E-state index contributed by atoms with van der Waals surface area (Å²) in [6.45, 7) is 3.77. The maximum Gasteiger partial charge on any atom is 0.286 e. The second-order valence-corrected chi connectivity index (χ2v) is 6.45. The highest BCUT2D eigenvalue weighted by atomic mass is 79.9. The highest BCUT2D eigenvalue weighted by Gasteiger charge is 2.16. The topological polar surface area (TPSA) is 57.0 Å². The smallest absolute Gasteiger partial charge is 0.286 e. The number of hydrogen-bond acceptors (Lipinski definition) is 4. The number of fused-ring (bicyclic) bond motifs is 1. The van der Waals surface area contributed by atoms with E-state index in [2.05, 4.69) is 26.2 Å². The number of ether oxygens (including phenoxy) is 1. The molecule has 0 spiro atoms. The van der Waals surface area contributed by atoms with Crippen LogP contribution in [0.15, 0.2) is 34.8 Å². The summed E-state index contributed by atoms with van der Waals surface area (Å²) in [4.78, 5) is 12.4. The molecule has 0 saturated heterocycles. The quantitative estimate of drug-likeness (QED) is 0.668. The van der Waals surface area contributed by atoms with E-state index in [-0.39, 0.29) is 12.5 Å². The van der Waals surface area contributed by atoms with Crippen LogP contribution in [0.4, 0.5) is 0 Å². The lowest BCUT2D eigenvalue weighted by Gasteiger charge is -2.11. The van der Waals surface area contributed by atoms with Crippen molar-refractivity contribution in [3.63, 3.8) is 0 Å². The van der Waals surface area contributed by atoms with E-state index in [1.54, 1.807) is 18.2 Å². The molecule has 0 radical (unpaired) electrons. The Balaban J connectivity index is 1.85. The number of nitrogens with zero attached hydrogens (tertiary/aromatic N) is 3. The lowest BCUT2D eigenvalue weighted by atomic mass is 10.1. The van der Waals surface area contributed by atoms with Crippen LogP contribution in [0.5, 0.6) is 5.75 Å². The molecule has 0 aliphatic carbocycles. The fourth-order valence-corrected chi connectivity index (χ4v) is 3.42. The summed E-state index contributed by atoms with van der Waals surface area (Å²) in [5, 5.41) is 8.24. The van der Waals surface area contributed by atoms with Gasteiger partial charge < -0.3 is 4.74 Å². The number of para-hydroxylation sites is 1. The number of aromatic nitrogens is 3. The molecule has 0 saturated carbocycles. The minimum absolute atomic E-state index is 0.161. The van der Waals surface area contributed by atoms with Crippen molar-refractivity contribution < 1.29 is 9.53 Å². The Kier molecular flexibility index (Phi) is 4.37. The highest BCUT2D eigenvalue weighted by Crippen LogP contribution is 2.30. The van der Waals surface area contributed by atoms with Gasteiger partial charge in [0.1, 0.15) is 16.8 Å². The van der Waals surface area contributed by atoms with Gasteiger partial charge in [0.25, 0.3) is 5.91 Å². The summed E-state index contributed by atoms with van der Waals surface area (Å²) in [7, 11) is 0. The van der Waals surface area contributed by atoms with Crippen molar-refractivity contribution in [3.8, 4) is 5.75 Å². The molecule has 1 heterocycles. The van der Waals surface area contributed by atoms with Gasteiger partial charge in [-0.25, -0.2) is 0 Å². The standard InChI is InChI=1S/C16H13BrClN3O2/c1-9-6-10(2)16(11(17)7-9)23-8-14(22)21-15-12(18)4-3-5-13(15)19-20-21/h3-7H,8H2,1-2H3. The summed E-state index contributed by atoms with van der Waals surface area (Å²) in [6.07, 6.45) is 0. The van der Waals surface area contributed by atoms with Gasteiger partial charge in [-0.05, 0) is 59.1 Å². The van der Waals surface area contributed by atoms with Crippen LogP contribution in [0, 0.1) is 13.8 Å². The molecule has 0 amide bonds. The predicted molar refractivity (Wildman–Crippen MR) is 92.3 cm³/mol. The Morgan fingerprint density at radius 2 is 2.13 bits per heavy atom. The minimum atomic E-state index is -0.340. The van der Waals surface area contributed by atoms with Crippen LogP contribution in [-0.4, -0.2) is 27.5 Å². The molecule has 7 heteroatoms. The molecule has 0 N–H and O–H groups in total. The molecule has 3 rings (SSSR count). The fourth-order valence-electron chi connectivity index (χ4n) is 2.39. The van der Waals surface area contributed by atoms with Crippen LogP contribution in [0.25, 0.3) is 11.0 Å². The maximum atomic E-state index is 12.4. The summed E-state index contributed by atoms with van der Waals surface area (Å²) in [6, 6.07) is 9.14. The Bertz CT molecular complexity index is 884. The van der Waals surface area contributed by atoms with Crippen molar-refractivity contribution in [1.29, 1.82) is 0 Å². The Hall–Kier alpha value is -1.92. The average Bonchev–Trinajstić information content (AvgIpc) is 2.91. The van der Waals surface area contributed by atoms with E-state index in [9.17, 15) is 4.79 Å². The van der Waals surface area contributed by atoms with Crippen LogP contribution in [0.3, 0.4) is 0 Å². The average molecular weight is 395 g/mol. The van der Waals surface area contributed by atoms with E-state index in [4.69, 9.17) is 16.3 Å². The van der Waals surface area contributed by atoms with Gasteiger partial charge in [-0.3, -0.25) is 4.79 Å². The van der Waals surface area contributed by atoms with E-state index in [0.717, 1.165) is 15.6 Å². The Morgan fingerprint density at radius 3 is 2.87 bits per heavy atom. The van der Waals surface area contributed by atoms with Crippen molar-refractivity contribution in [3.05, 3.63) is 51.0 Å². The fraction of sp³-hybridized carbons (Fsp3) is 0.188. The monoisotopic (exact) mass is 393 g/mol. The molecule has 1 aromatic heterocycles. The lowest BCUT2D eigenvalue weighted by molar-refractivity contribution is 0.0823. The SMILES string of the molecule is Cc1cc(C)c(OCC(=O)n2nnc3cccc(Cl)c32)c(Br)c1. The van der Waals surface area contributed by atoms with Crippen molar-refractivity contribution in [1.82, 2.24) is 15.0 Å². The van der Waals surface area contributed by atoms with Crippen LogP contribution >= 0.6 is 27.5 Å². The lowest BCUT2D eigenvalue weighted by Crippen LogP contribution is -2.21. The number of rotatable bonds is 3. The van der Waals surface area contributed by atoms with Gasteiger partial charge in [0, 0.05) is 0 Å². The third kappa shape index (κ3) is 3.09. The van der Waals surface area contributed by atoms with Gasteiger partial charge in [-0.15, -0.1) is 5.10 Å². The molecule has 118 valence electrons. The molecular formula is C16H13BrClN3O2. The third-order valence-electron chi connectivity index (χ3n) is 3.37. The minimum Gasteiger partial charge on any atom is -0.482 e. The molecular weight excluding hydrogens is 382 g/mol. The number of hydrogen-bond donors (Lipinski definition) is 0. The first kappa shape index (κ1) is 16.0. The maximum absolute atomic E-state index is 12.4. The van der Waals surface area contributed by atoms with E-state index in [1.165, 1.54) is 4.68 Å². The van der Waals surface area contributed by atoms with Crippen molar-refractivity contribution >= 4 is 44.5 Å². The van der Waals surface area contributed by atoms with Gasteiger partial charge in [0.05, 0.1) is 9.50 Å². The zero-order valence-electron chi connectivity index (χ0n) is 12.5.